The summed E-state index contributed by atoms with van der Waals surface area (Å²) in [6.07, 6.45) is 3.27. The number of hydrogen-bond acceptors (Lipinski definition) is 3. The average molecular weight is 257 g/mol. The average Bonchev–Trinajstić information content (AvgIpc) is 2.36. The predicted molar refractivity (Wildman–Crippen MR) is 78.1 cm³/mol. The van der Waals surface area contributed by atoms with E-state index in [0.29, 0.717) is 16.9 Å². The van der Waals surface area contributed by atoms with Gasteiger partial charge in [-0.1, -0.05) is 20.8 Å². The van der Waals surface area contributed by atoms with Gasteiger partial charge in [-0.2, -0.15) is 5.26 Å². The van der Waals surface area contributed by atoms with E-state index in [-0.39, 0.29) is 0 Å². The van der Waals surface area contributed by atoms with Gasteiger partial charge in [0.05, 0.1) is 5.56 Å². The third-order valence-corrected chi connectivity index (χ3v) is 4.08. The monoisotopic (exact) mass is 257 g/mol. The van der Waals surface area contributed by atoms with E-state index >= 15 is 0 Å². The maximum atomic E-state index is 9.24. The molecule has 0 aromatic carbocycles. The van der Waals surface area contributed by atoms with Gasteiger partial charge in [0.2, 0.25) is 0 Å². The fraction of sp³-hybridized carbons (Fsp3) is 0.625. The van der Waals surface area contributed by atoms with Gasteiger partial charge in [0.1, 0.15) is 11.9 Å². The Morgan fingerprint density at radius 3 is 2.79 bits per heavy atom. The minimum atomic E-state index is 0.324. The first-order chi connectivity index (χ1) is 8.95. The highest BCUT2D eigenvalue weighted by Crippen LogP contribution is 2.37. The van der Waals surface area contributed by atoms with Crippen LogP contribution in [-0.4, -0.2) is 11.5 Å². The third kappa shape index (κ3) is 2.89. The highest BCUT2D eigenvalue weighted by atomic mass is 15.0. The molecule has 1 aliphatic rings. The second-order valence-electron chi connectivity index (χ2n) is 6.44. The molecule has 0 radical (unpaired) electrons. The Kier molecular flexibility index (Phi) is 3.80. The summed E-state index contributed by atoms with van der Waals surface area (Å²) in [5.74, 6) is 1.43. The highest BCUT2D eigenvalue weighted by molar-refractivity contribution is 5.54. The molecule has 2 rings (SSSR count). The molecule has 102 valence electrons. The van der Waals surface area contributed by atoms with Crippen LogP contribution in [0.5, 0.6) is 0 Å². The Labute approximate surface area is 116 Å². The van der Waals surface area contributed by atoms with Crippen molar-refractivity contribution >= 4 is 5.82 Å². The lowest BCUT2D eigenvalue weighted by atomic mass is 9.71. The van der Waals surface area contributed by atoms with Gasteiger partial charge < -0.3 is 5.32 Å². The number of nitrogens with zero attached hydrogens (tertiary/aromatic N) is 2. The van der Waals surface area contributed by atoms with Gasteiger partial charge in [-0.05, 0) is 49.1 Å². The molecule has 0 saturated heterocycles. The Bertz CT molecular complexity index is 506. The van der Waals surface area contributed by atoms with Crippen molar-refractivity contribution in [2.45, 2.75) is 47.0 Å². The van der Waals surface area contributed by atoms with Gasteiger partial charge in [-0.25, -0.2) is 4.98 Å². The molecular formula is C16H23N3. The Morgan fingerprint density at radius 1 is 1.47 bits per heavy atom. The van der Waals surface area contributed by atoms with Crippen molar-refractivity contribution in [3.05, 3.63) is 22.9 Å². The van der Waals surface area contributed by atoms with E-state index in [2.05, 4.69) is 37.1 Å². The number of nitriles is 1. The first kappa shape index (κ1) is 13.9. The third-order valence-electron chi connectivity index (χ3n) is 4.08. The summed E-state index contributed by atoms with van der Waals surface area (Å²) in [4.78, 5) is 4.66. The van der Waals surface area contributed by atoms with Crippen LogP contribution in [0.2, 0.25) is 0 Å². The van der Waals surface area contributed by atoms with Crippen LogP contribution in [0.1, 0.15) is 50.9 Å². The zero-order valence-electron chi connectivity index (χ0n) is 12.4. The van der Waals surface area contributed by atoms with Crippen molar-refractivity contribution in [1.29, 1.82) is 5.26 Å². The van der Waals surface area contributed by atoms with E-state index in [1.807, 2.05) is 13.0 Å². The number of anilines is 1. The summed E-state index contributed by atoms with van der Waals surface area (Å²) in [7, 11) is 0. The molecule has 0 bridgehead atoms. The molecule has 1 aliphatic carbocycles. The summed E-state index contributed by atoms with van der Waals surface area (Å²) in [5, 5.41) is 12.4. The smallest absolute Gasteiger partial charge is 0.144 e. The molecule has 19 heavy (non-hydrogen) atoms. The van der Waals surface area contributed by atoms with E-state index in [9.17, 15) is 5.26 Å². The first-order valence-electron chi connectivity index (χ1n) is 7.12. The molecule has 1 aromatic heterocycles. The van der Waals surface area contributed by atoms with Crippen molar-refractivity contribution < 1.29 is 0 Å². The zero-order chi connectivity index (χ0) is 14.0. The molecule has 3 heteroatoms. The van der Waals surface area contributed by atoms with Crippen LogP contribution < -0.4 is 5.32 Å². The maximum Gasteiger partial charge on any atom is 0.144 e. The molecule has 1 aromatic rings. The molecule has 1 atom stereocenters. The number of pyridine rings is 1. The summed E-state index contributed by atoms with van der Waals surface area (Å²) >= 11 is 0. The maximum absolute atomic E-state index is 9.24. The molecule has 0 aliphatic heterocycles. The number of hydrogen-bond donors (Lipinski definition) is 1. The van der Waals surface area contributed by atoms with Gasteiger partial charge >= 0.3 is 0 Å². The van der Waals surface area contributed by atoms with E-state index in [0.717, 1.165) is 25.2 Å². The fourth-order valence-corrected chi connectivity index (χ4v) is 2.79. The topological polar surface area (TPSA) is 48.7 Å². The summed E-state index contributed by atoms with van der Waals surface area (Å²) in [6, 6.07) is 4.30. The van der Waals surface area contributed by atoms with Gasteiger partial charge in [0.15, 0.2) is 0 Å². The number of nitrogens with one attached hydrogen (secondary N) is 1. The van der Waals surface area contributed by atoms with Crippen molar-refractivity contribution in [2.24, 2.45) is 11.3 Å². The number of rotatable bonds is 2. The van der Waals surface area contributed by atoms with Crippen LogP contribution in [0, 0.1) is 22.7 Å². The van der Waals surface area contributed by atoms with Crippen LogP contribution in [-0.2, 0) is 12.8 Å². The van der Waals surface area contributed by atoms with Gasteiger partial charge in [0.25, 0.3) is 0 Å². The van der Waals surface area contributed by atoms with E-state index < -0.39 is 0 Å². The summed E-state index contributed by atoms with van der Waals surface area (Å²) < 4.78 is 0. The molecule has 1 N–H and O–H groups in total. The van der Waals surface area contributed by atoms with E-state index in [1.54, 1.807) is 0 Å². The van der Waals surface area contributed by atoms with Crippen molar-refractivity contribution in [3.8, 4) is 6.07 Å². The Hall–Kier alpha value is -1.56. The van der Waals surface area contributed by atoms with Crippen LogP contribution in [0.3, 0.4) is 0 Å². The highest BCUT2D eigenvalue weighted by Gasteiger charge is 2.29. The summed E-state index contributed by atoms with van der Waals surface area (Å²) in [5.41, 5.74) is 3.44. The Morgan fingerprint density at radius 2 is 2.21 bits per heavy atom. The molecule has 1 unspecified atom stereocenters. The van der Waals surface area contributed by atoms with E-state index in [4.69, 9.17) is 0 Å². The largest absolute Gasteiger partial charge is 0.369 e. The minimum absolute atomic E-state index is 0.324. The molecule has 0 spiro atoms. The first-order valence-corrected chi connectivity index (χ1v) is 7.12. The molecule has 3 nitrogen and oxygen atoms in total. The number of fused-ring (bicyclic) bond motifs is 1. The van der Waals surface area contributed by atoms with Crippen LogP contribution in [0.4, 0.5) is 5.82 Å². The van der Waals surface area contributed by atoms with Crippen LogP contribution in [0.25, 0.3) is 0 Å². The number of aryl methyl sites for hydroxylation is 1. The van der Waals surface area contributed by atoms with Crippen molar-refractivity contribution in [1.82, 2.24) is 4.98 Å². The van der Waals surface area contributed by atoms with E-state index in [1.165, 1.54) is 17.7 Å². The van der Waals surface area contributed by atoms with Crippen molar-refractivity contribution in [2.75, 3.05) is 11.9 Å². The van der Waals surface area contributed by atoms with Crippen molar-refractivity contribution in [3.63, 3.8) is 0 Å². The minimum Gasteiger partial charge on any atom is -0.369 e. The van der Waals surface area contributed by atoms with Crippen LogP contribution in [0.15, 0.2) is 6.07 Å². The Balaban J connectivity index is 2.34. The van der Waals surface area contributed by atoms with Gasteiger partial charge in [0, 0.05) is 12.2 Å². The molecular weight excluding hydrogens is 234 g/mol. The lowest BCUT2D eigenvalue weighted by Crippen LogP contribution is -2.27. The normalized spacial score (nSPS) is 18.6. The molecule has 0 saturated carbocycles. The number of aromatic nitrogens is 1. The second kappa shape index (κ2) is 5.21. The van der Waals surface area contributed by atoms with Gasteiger partial charge in [-0.15, -0.1) is 0 Å². The molecule has 0 fully saturated rings. The second-order valence-corrected chi connectivity index (χ2v) is 6.44. The lowest BCUT2D eigenvalue weighted by molar-refractivity contribution is 0.215. The predicted octanol–water partition coefficient (Wildman–Crippen LogP) is 3.54. The molecule has 0 amide bonds. The standard InChI is InChI=1S/C16H23N3/c1-5-18-15-12(10-17)8-11-9-13(16(2,3)4)6-7-14(11)19-15/h8,13H,5-7,9H2,1-4H3,(H,18,19). The lowest BCUT2D eigenvalue weighted by Gasteiger charge is -2.34. The van der Waals surface area contributed by atoms with Crippen LogP contribution >= 0.6 is 0 Å². The SMILES string of the molecule is CCNc1nc2c(cc1C#N)CC(C(C)(C)C)CC2. The van der Waals surface area contributed by atoms with Gasteiger partial charge in [-0.3, -0.25) is 0 Å². The fourth-order valence-electron chi connectivity index (χ4n) is 2.79. The quantitative estimate of drug-likeness (QED) is 0.881. The summed E-state index contributed by atoms with van der Waals surface area (Å²) in [6.45, 7) is 9.72. The molecule has 1 heterocycles. The zero-order valence-corrected chi connectivity index (χ0v) is 12.4.